The Kier molecular flexibility index (Phi) is 5.03. The van der Waals surface area contributed by atoms with E-state index in [0.717, 1.165) is 0 Å². The van der Waals surface area contributed by atoms with E-state index in [1.54, 1.807) is 6.07 Å². The zero-order chi connectivity index (χ0) is 20.5. The number of hydrogen-bond donors (Lipinski definition) is 3. The molecule has 2 amide bonds. The molecular formula is C19H17F3N2O4. The van der Waals surface area contributed by atoms with E-state index in [-0.39, 0.29) is 11.1 Å². The molecule has 0 aliphatic carbocycles. The van der Waals surface area contributed by atoms with Crippen LogP contribution in [0, 0.1) is 5.92 Å². The summed E-state index contributed by atoms with van der Waals surface area (Å²) in [4.78, 5) is 24.9. The highest BCUT2D eigenvalue weighted by Gasteiger charge is 2.66. The van der Waals surface area contributed by atoms with Crippen LogP contribution in [0.2, 0.25) is 0 Å². The van der Waals surface area contributed by atoms with Gasteiger partial charge in [-0.3, -0.25) is 4.79 Å². The lowest BCUT2D eigenvalue weighted by Crippen LogP contribution is -2.72. The monoisotopic (exact) mass is 394 g/mol. The lowest BCUT2D eigenvalue weighted by atomic mass is 9.77. The number of alkyl halides is 3. The first-order chi connectivity index (χ1) is 13.2. The number of amides is 2. The fourth-order valence-electron chi connectivity index (χ4n) is 3.21. The molecule has 0 aromatic heterocycles. The maximum atomic E-state index is 13.8. The minimum atomic E-state index is -5.29. The number of hydrogen-bond acceptors (Lipinski definition) is 4. The third-order valence-electron chi connectivity index (χ3n) is 4.62. The third-order valence-corrected chi connectivity index (χ3v) is 4.62. The van der Waals surface area contributed by atoms with Crippen molar-refractivity contribution >= 4 is 11.8 Å². The summed E-state index contributed by atoms with van der Waals surface area (Å²) in [5.74, 6) is -2.57. The first-order valence-electron chi connectivity index (χ1n) is 8.28. The fraction of sp³-hybridized carbons (Fsp3) is 0.263. The largest absolute Gasteiger partial charge is 0.497 e. The summed E-state index contributed by atoms with van der Waals surface area (Å²) in [5, 5.41) is 14.3. The van der Waals surface area contributed by atoms with Crippen LogP contribution in [-0.2, 0) is 0 Å². The van der Waals surface area contributed by atoms with Gasteiger partial charge < -0.3 is 20.5 Å². The Balaban J connectivity index is 2.13. The van der Waals surface area contributed by atoms with E-state index >= 15 is 0 Å². The quantitative estimate of drug-likeness (QED) is 0.696. The molecule has 1 fully saturated rings. The lowest BCUT2D eigenvalue weighted by molar-refractivity contribution is -0.287. The smallest absolute Gasteiger partial charge is 0.437 e. The number of rotatable bonds is 4. The lowest BCUT2D eigenvalue weighted by Gasteiger charge is -2.45. The van der Waals surface area contributed by atoms with E-state index in [0.29, 0.717) is 5.75 Å². The highest BCUT2D eigenvalue weighted by molar-refractivity contribution is 6.00. The molecule has 0 unspecified atom stereocenters. The number of ketones is 1. The predicted molar refractivity (Wildman–Crippen MR) is 92.7 cm³/mol. The Morgan fingerprint density at radius 2 is 1.71 bits per heavy atom. The van der Waals surface area contributed by atoms with Crippen LogP contribution in [0.25, 0.3) is 0 Å². The highest BCUT2D eigenvalue weighted by atomic mass is 19.4. The molecule has 3 atom stereocenters. The van der Waals surface area contributed by atoms with Crippen LogP contribution >= 0.6 is 0 Å². The van der Waals surface area contributed by atoms with E-state index < -0.39 is 35.7 Å². The summed E-state index contributed by atoms with van der Waals surface area (Å²) in [6.07, 6.45) is -5.29. The molecule has 0 spiro atoms. The van der Waals surface area contributed by atoms with E-state index in [4.69, 9.17) is 4.74 Å². The van der Waals surface area contributed by atoms with Gasteiger partial charge in [-0.05, 0) is 17.7 Å². The van der Waals surface area contributed by atoms with Gasteiger partial charge in [0.25, 0.3) is 0 Å². The minimum absolute atomic E-state index is 0.0216. The Morgan fingerprint density at radius 1 is 1.11 bits per heavy atom. The van der Waals surface area contributed by atoms with Crippen LogP contribution in [0.1, 0.15) is 22.0 Å². The summed E-state index contributed by atoms with van der Waals surface area (Å²) in [6, 6.07) is 10.5. The van der Waals surface area contributed by atoms with Gasteiger partial charge in [0, 0.05) is 5.56 Å². The number of nitrogens with one attached hydrogen (secondary N) is 2. The molecule has 0 bridgehead atoms. The summed E-state index contributed by atoms with van der Waals surface area (Å²) >= 11 is 0. The van der Waals surface area contributed by atoms with Gasteiger partial charge in [0.2, 0.25) is 5.72 Å². The van der Waals surface area contributed by atoms with Crippen molar-refractivity contribution < 1.29 is 32.6 Å². The normalized spacial score (nSPS) is 24.8. The summed E-state index contributed by atoms with van der Waals surface area (Å²) in [5.41, 5.74) is -3.55. The molecule has 1 aliphatic rings. The molecular weight excluding hydrogens is 377 g/mol. The second kappa shape index (κ2) is 7.16. The number of ether oxygens (including phenoxy) is 1. The van der Waals surface area contributed by atoms with Crippen molar-refractivity contribution in [2.24, 2.45) is 5.92 Å². The van der Waals surface area contributed by atoms with Crippen molar-refractivity contribution in [1.82, 2.24) is 10.6 Å². The van der Waals surface area contributed by atoms with Gasteiger partial charge in [-0.2, -0.15) is 13.2 Å². The second-order valence-electron chi connectivity index (χ2n) is 6.32. The van der Waals surface area contributed by atoms with Crippen LogP contribution in [0.5, 0.6) is 5.75 Å². The molecule has 1 saturated heterocycles. The van der Waals surface area contributed by atoms with Crippen molar-refractivity contribution in [3.8, 4) is 5.75 Å². The molecule has 0 saturated carbocycles. The minimum Gasteiger partial charge on any atom is -0.497 e. The Bertz CT molecular complexity index is 871. The number of benzene rings is 2. The average Bonchev–Trinajstić information content (AvgIpc) is 2.67. The molecule has 6 nitrogen and oxygen atoms in total. The van der Waals surface area contributed by atoms with E-state index in [9.17, 15) is 27.9 Å². The molecule has 148 valence electrons. The molecule has 1 aliphatic heterocycles. The standard InChI is InChI=1S/C19H17F3N2O4/c1-28-13-9-7-11(8-10-13)15-14(16(25)12-5-3-2-4-6-12)18(27,19(20,21)22)24-17(26)23-15/h2-10,14-15,27H,1H3,(H2,23,24,26)/t14-,15+,18-/m1/s1. The first-order valence-corrected chi connectivity index (χ1v) is 8.28. The molecule has 3 rings (SSSR count). The Labute approximate surface area is 158 Å². The van der Waals surface area contributed by atoms with Crippen LogP contribution < -0.4 is 15.4 Å². The fourth-order valence-corrected chi connectivity index (χ4v) is 3.21. The first kappa shape index (κ1) is 19.7. The number of methoxy groups -OCH3 is 1. The average molecular weight is 394 g/mol. The Hall–Kier alpha value is -3.07. The zero-order valence-electron chi connectivity index (χ0n) is 14.7. The number of aliphatic hydroxyl groups is 1. The van der Waals surface area contributed by atoms with E-state index in [1.807, 2.05) is 0 Å². The van der Waals surface area contributed by atoms with Crippen molar-refractivity contribution in [3.05, 3.63) is 65.7 Å². The molecule has 0 radical (unpaired) electrons. The van der Waals surface area contributed by atoms with Gasteiger partial charge in [-0.15, -0.1) is 0 Å². The van der Waals surface area contributed by atoms with Crippen LogP contribution in [-0.4, -0.2) is 35.9 Å². The third kappa shape index (κ3) is 3.40. The topological polar surface area (TPSA) is 87.7 Å². The van der Waals surface area contributed by atoms with Gasteiger partial charge in [0.1, 0.15) is 11.7 Å². The SMILES string of the molecule is COc1ccc([C@@H]2NC(=O)N[C@](O)(C(F)(F)F)[C@H]2C(=O)c2ccccc2)cc1. The predicted octanol–water partition coefficient (Wildman–Crippen LogP) is 2.80. The van der Waals surface area contributed by atoms with Gasteiger partial charge >= 0.3 is 12.2 Å². The van der Waals surface area contributed by atoms with Gasteiger partial charge in [-0.1, -0.05) is 42.5 Å². The maximum absolute atomic E-state index is 13.8. The Morgan fingerprint density at radius 3 is 2.25 bits per heavy atom. The molecule has 1 heterocycles. The number of carbonyl (C=O) groups excluding carboxylic acids is 2. The van der Waals surface area contributed by atoms with Gasteiger partial charge in [0.05, 0.1) is 13.2 Å². The highest BCUT2D eigenvalue weighted by Crippen LogP contribution is 2.44. The zero-order valence-corrected chi connectivity index (χ0v) is 14.7. The molecule has 28 heavy (non-hydrogen) atoms. The van der Waals surface area contributed by atoms with Crippen molar-refractivity contribution in [2.45, 2.75) is 17.9 Å². The van der Waals surface area contributed by atoms with Crippen molar-refractivity contribution in [2.75, 3.05) is 7.11 Å². The maximum Gasteiger partial charge on any atom is 0.437 e. The molecule has 2 aromatic carbocycles. The summed E-state index contributed by atoms with van der Waals surface area (Å²) in [7, 11) is 1.42. The van der Waals surface area contributed by atoms with Crippen LogP contribution in [0.15, 0.2) is 54.6 Å². The van der Waals surface area contributed by atoms with Gasteiger partial charge in [0.15, 0.2) is 5.78 Å². The molecule has 9 heteroatoms. The van der Waals surface area contributed by atoms with Crippen LogP contribution in [0.3, 0.4) is 0 Å². The van der Waals surface area contributed by atoms with Gasteiger partial charge in [-0.25, -0.2) is 4.79 Å². The summed E-state index contributed by atoms with van der Waals surface area (Å²) < 4.78 is 46.3. The number of urea groups is 1. The van der Waals surface area contributed by atoms with E-state index in [1.165, 1.54) is 61.0 Å². The second-order valence-corrected chi connectivity index (χ2v) is 6.32. The van der Waals surface area contributed by atoms with Crippen LogP contribution in [0.4, 0.5) is 18.0 Å². The summed E-state index contributed by atoms with van der Waals surface area (Å²) in [6.45, 7) is 0. The number of Topliss-reactive ketones (excluding diaryl/α,β-unsaturated/α-hetero) is 1. The van der Waals surface area contributed by atoms with Crippen molar-refractivity contribution in [1.29, 1.82) is 0 Å². The van der Waals surface area contributed by atoms with Crippen molar-refractivity contribution in [3.63, 3.8) is 0 Å². The molecule has 3 N–H and O–H groups in total. The molecule has 2 aromatic rings. The number of halogens is 3. The van der Waals surface area contributed by atoms with E-state index in [2.05, 4.69) is 5.32 Å². The number of carbonyl (C=O) groups is 2.